The van der Waals surface area contributed by atoms with E-state index in [0.717, 1.165) is 12.1 Å². The number of sulfonamides is 1. The van der Waals surface area contributed by atoms with Crippen LogP contribution in [-0.4, -0.2) is 44.3 Å². The number of piperidine rings is 1. The number of carbonyl (C=O) groups is 2. The normalized spacial score (nSPS) is 15.5. The van der Waals surface area contributed by atoms with Crippen LogP contribution in [0, 0.1) is 11.7 Å². The molecule has 2 aromatic rings. The number of anilines is 1. The van der Waals surface area contributed by atoms with E-state index in [-0.39, 0.29) is 36.4 Å². The molecule has 1 amide bonds. The van der Waals surface area contributed by atoms with Crippen molar-refractivity contribution in [1.82, 2.24) is 4.31 Å². The Morgan fingerprint density at radius 3 is 2.23 bits per heavy atom. The van der Waals surface area contributed by atoms with Crippen molar-refractivity contribution in [2.45, 2.75) is 24.7 Å². The van der Waals surface area contributed by atoms with Gasteiger partial charge >= 0.3 is 5.97 Å². The van der Waals surface area contributed by atoms with Crippen LogP contribution < -0.4 is 5.32 Å². The summed E-state index contributed by atoms with van der Waals surface area (Å²) in [4.78, 5) is 24.3. The third-order valence-corrected chi connectivity index (χ3v) is 6.85. The first kappa shape index (κ1) is 21.9. The van der Waals surface area contributed by atoms with E-state index in [0.29, 0.717) is 24.1 Å². The maximum Gasteiger partial charge on any atom is 0.338 e. The number of hydrogen-bond acceptors (Lipinski definition) is 5. The Kier molecular flexibility index (Phi) is 6.84. The molecule has 0 unspecified atom stereocenters. The topological polar surface area (TPSA) is 92.8 Å². The quantitative estimate of drug-likeness (QED) is 0.706. The van der Waals surface area contributed by atoms with Gasteiger partial charge in [-0.15, -0.1) is 0 Å². The lowest BCUT2D eigenvalue weighted by Crippen LogP contribution is -2.41. The number of hydrogen-bond donors (Lipinski definition) is 1. The molecule has 2 aromatic carbocycles. The number of amides is 1. The SMILES string of the molecule is CCOC(=O)c1ccc(NC(=O)C2CCN(S(=O)(=O)c3ccc(F)cc3)CC2)cc1. The minimum atomic E-state index is -3.71. The van der Waals surface area contributed by atoms with Gasteiger partial charge in [-0.05, 0) is 68.3 Å². The summed E-state index contributed by atoms with van der Waals surface area (Å²) in [7, 11) is -3.71. The van der Waals surface area contributed by atoms with Crippen molar-refractivity contribution in [3.8, 4) is 0 Å². The zero-order valence-corrected chi connectivity index (χ0v) is 17.3. The van der Waals surface area contributed by atoms with E-state index in [1.165, 1.54) is 16.4 Å². The van der Waals surface area contributed by atoms with Crippen LogP contribution in [0.15, 0.2) is 53.4 Å². The minimum absolute atomic E-state index is 0.0356. The molecule has 30 heavy (non-hydrogen) atoms. The second-order valence-electron chi connectivity index (χ2n) is 6.92. The molecular formula is C21H23FN2O5S. The Morgan fingerprint density at radius 2 is 1.67 bits per heavy atom. The minimum Gasteiger partial charge on any atom is -0.462 e. The van der Waals surface area contributed by atoms with E-state index in [4.69, 9.17) is 4.74 Å². The molecule has 0 radical (unpaired) electrons. The van der Waals surface area contributed by atoms with E-state index in [1.807, 2.05) is 0 Å². The Labute approximate surface area is 174 Å². The first-order valence-electron chi connectivity index (χ1n) is 9.65. The maximum atomic E-state index is 13.1. The van der Waals surface area contributed by atoms with Crippen molar-refractivity contribution in [3.63, 3.8) is 0 Å². The van der Waals surface area contributed by atoms with Gasteiger partial charge < -0.3 is 10.1 Å². The fraction of sp³-hybridized carbons (Fsp3) is 0.333. The zero-order chi connectivity index (χ0) is 21.7. The predicted molar refractivity (Wildman–Crippen MR) is 109 cm³/mol. The van der Waals surface area contributed by atoms with Crippen LogP contribution in [0.3, 0.4) is 0 Å². The van der Waals surface area contributed by atoms with E-state index < -0.39 is 21.8 Å². The highest BCUT2D eigenvalue weighted by atomic mass is 32.2. The van der Waals surface area contributed by atoms with Crippen LogP contribution in [0.2, 0.25) is 0 Å². The lowest BCUT2D eigenvalue weighted by Gasteiger charge is -2.30. The molecular weight excluding hydrogens is 411 g/mol. The van der Waals surface area contributed by atoms with Gasteiger partial charge in [-0.2, -0.15) is 4.31 Å². The third kappa shape index (κ3) is 5.03. The van der Waals surface area contributed by atoms with E-state index >= 15 is 0 Å². The molecule has 0 saturated carbocycles. The summed E-state index contributed by atoms with van der Waals surface area (Å²) in [6.07, 6.45) is 0.764. The summed E-state index contributed by atoms with van der Waals surface area (Å²) in [6, 6.07) is 11.1. The van der Waals surface area contributed by atoms with Gasteiger partial charge in [0.05, 0.1) is 17.1 Å². The van der Waals surface area contributed by atoms with Gasteiger partial charge in [0.1, 0.15) is 5.82 Å². The molecule has 1 N–H and O–H groups in total. The molecule has 1 heterocycles. The van der Waals surface area contributed by atoms with Crippen molar-refractivity contribution in [2.24, 2.45) is 5.92 Å². The first-order valence-corrected chi connectivity index (χ1v) is 11.1. The standard InChI is InChI=1S/C21H23FN2O5S/c1-2-29-21(26)16-3-7-18(8-4-16)23-20(25)15-11-13-24(14-12-15)30(27,28)19-9-5-17(22)6-10-19/h3-10,15H,2,11-14H2,1H3,(H,23,25). The molecule has 7 nitrogen and oxygen atoms in total. The van der Waals surface area contributed by atoms with Gasteiger partial charge in [0, 0.05) is 24.7 Å². The highest BCUT2D eigenvalue weighted by molar-refractivity contribution is 7.89. The zero-order valence-electron chi connectivity index (χ0n) is 16.5. The molecule has 0 spiro atoms. The maximum absolute atomic E-state index is 13.1. The van der Waals surface area contributed by atoms with Crippen molar-refractivity contribution in [1.29, 1.82) is 0 Å². The molecule has 1 saturated heterocycles. The second kappa shape index (κ2) is 9.36. The molecule has 160 valence electrons. The van der Waals surface area contributed by atoms with Crippen molar-refractivity contribution >= 4 is 27.6 Å². The molecule has 9 heteroatoms. The smallest absolute Gasteiger partial charge is 0.338 e. The van der Waals surface area contributed by atoms with Crippen molar-refractivity contribution in [3.05, 3.63) is 59.9 Å². The Bertz CT molecular complexity index is 999. The van der Waals surface area contributed by atoms with E-state index in [2.05, 4.69) is 5.32 Å². The predicted octanol–water partition coefficient (Wildman–Crippen LogP) is 3.04. The molecule has 0 aromatic heterocycles. The largest absolute Gasteiger partial charge is 0.462 e. The molecule has 3 rings (SSSR count). The van der Waals surface area contributed by atoms with Crippen LogP contribution in [0.4, 0.5) is 10.1 Å². The number of nitrogens with zero attached hydrogens (tertiary/aromatic N) is 1. The molecule has 1 aliphatic heterocycles. The summed E-state index contributed by atoms with van der Waals surface area (Å²) in [6.45, 7) is 2.43. The number of carbonyl (C=O) groups excluding carboxylic acids is 2. The van der Waals surface area contributed by atoms with Gasteiger partial charge in [-0.25, -0.2) is 17.6 Å². The Hall–Kier alpha value is -2.78. The van der Waals surface area contributed by atoms with E-state index in [9.17, 15) is 22.4 Å². The second-order valence-corrected chi connectivity index (χ2v) is 8.86. The summed E-state index contributed by atoms with van der Waals surface area (Å²) < 4.78 is 44.6. The number of ether oxygens (including phenoxy) is 1. The number of esters is 1. The highest BCUT2D eigenvalue weighted by Gasteiger charge is 2.32. The van der Waals surface area contributed by atoms with Crippen LogP contribution >= 0.6 is 0 Å². The number of halogens is 1. The summed E-state index contributed by atoms with van der Waals surface area (Å²) in [5.41, 5.74) is 0.948. The monoisotopic (exact) mass is 434 g/mol. The Morgan fingerprint density at radius 1 is 1.07 bits per heavy atom. The lowest BCUT2D eigenvalue weighted by molar-refractivity contribution is -0.120. The van der Waals surface area contributed by atoms with Crippen LogP contribution in [0.1, 0.15) is 30.1 Å². The molecule has 0 aliphatic carbocycles. The highest BCUT2D eigenvalue weighted by Crippen LogP contribution is 2.25. The van der Waals surface area contributed by atoms with Gasteiger partial charge in [0.25, 0.3) is 0 Å². The Balaban J connectivity index is 1.56. The fourth-order valence-corrected chi connectivity index (χ4v) is 4.73. The number of rotatable bonds is 6. The van der Waals surface area contributed by atoms with Crippen LogP contribution in [-0.2, 0) is 19.6 Å². The molecule has 1 aliphatic rings. The summed E-state index contributed by atoms with van der Waals surface area (Å²) >= 11 is 0. The summed E-state index contributed by atoms with van der Waals surface area (Å²) in [5, 5.41) is 2.80. The van der Waals surface area contributed by atoms with Gasteiger partial charge in [0.2, 0.25) is 15.9 Å². The lowest BCUT2D eigenvalue weighted by atomic mass is 9.97. The van der Waals surface area contributed by atoms with Gasteiger partial charge in [-0.1, -0.05) is 0 Å². The van der Waals surface area contributed by atoms with Crippen LogP contribution in [0.25, 0.3) is 0 Å². The average Bonchev–Trinajstić information content (AvgIpc) is 2.75. The van der Waals surface area contributed by atoms with Gasteiger partial charge in [-0.3, -0.25) is 4.79 Å². The first-order chi connectivity index (χ1) is 14.3. The number of nitrogens with one attached hydrogen (secondary N) is 1. The summed E-state index contributed by atoms with van der Waals surface area (Å²) in [5.74, 6) is -1.45. The molecule has 1 fully saturated rings. The fourth-order valence-electron chi connectivity index (χ4n) is 3.26. The molecule has 0 atom stereocenters. The molecule has 0 bridgehead atoms. The van der Waals surface area contributed by atoms with Gasteiger partial charge in [0.15, 0.2) is 0 Å². The van der Waals surface area contributed by atoms with Crippen LogP contribution in [0.5, 0.6) is 0 Å². The third-order valence-electron chi connectivity index (χ3n) is 4.94. The van der Waals surface area contributed by atoms with Crippen molar-refractivity contribution < 1.29 is 27.1 Å². The average molecular weight is 434 g/mol. The van der Waals surface area contributed by atoms with E-state index in [1.54, 1.807) is 31.2 Å². The number of benzene rings is 2. The van der Waals surface area contributed by atoms with Crippen molar-refractivity contribution in [2.75, 3.05) is 25.0 Å².